The summed E-state index contributed by atoms with van der Waals surface area (Å²) < 4.78 is 4.67. The van der Waals surface area contributed by atoms with Gasteiger partial charge in [-0.15, -0.1) is 0 Å². The molecule has 0 saturated carbocycles. The van der Waals surface area contributed by atoms with Crippen molar-refractivity contribution >= 4 is 6.47 Å². The second kappa shape index (κ2) is 4.34. The third-order valence-electron chi connectivity index (χ3n) is 2.19. The number of hydrogen-bond acceptors (Lipinski definition) is 3. The van der Waals surface area contributed by atoms with Crippen LogP contribution in [0.3, 0.4) is 0 Å². The van der Waals surface area contributed by atoms with Crippen LogP contribution in [0.15, 0.2) is 0 Å². The number of ether oxygens (including phenoxy) is 1. The van der Waals surface area contributed by atoms with E-state index in [1.165, 1.54) is 6.42 Å². The number of nitrogens with one attached hydrogen (secondary N) is 1. The van der Waals surface area contributed by atoms with Crippen LogP contribution in [-0.4, -0.2) is 25.2 Å². The summed E-state index contributed by atoms with van der Waals surface area (Å²) >= 11 is 0. The van der Waals surface area contributed by atoms with E-state index in [2.05, 4.69) is 17.0 Å². The van der Waals surface area contributed by atoms with Crippen molar-refractivity contribution in [2.24, 2.45) is 0 Å². The van der Waals surface area contributed by atoms with Crippen molar-refractivity contribution < 1.29 is 9.53 Å². The van der Waals surface area contributed by atoms with Crippen molar-refractivity contribution in [3.8, 4) is 0 Å². The standard InChI is InChI=1S/C8H15NO2/c1-2-7-3-4-8(9-7)5-11-6-10/h6-9H,2-5H2,1H3. The molecule has 0 aromatic heterocycles. The average Bonchev–Trinajstić information content (AvgIpc) is 2.48. The first-order valence-electron chi connectivity index (χ1n) is 4.18. The third kappa shape index (κ3) is 2.50. The highest BCUT2D eigenvalue weighted by Crippen LogP contribution is 2.14. The van der Waals surface area contributed by atoms with E-state index >= 15 is 0 Å². The summed E-state index contributed by atoms with van der Waals surface area (Å²) in [5.74, 6) is 0. The maximum absolute atomic E-state index is 9.86. The largest absolute Gasteiger partial charge is 0.466 e. The van der Waals surface area contributed by atoms with Gasteiger partial charge in [0.2, 0.25) is 0 Å². The van der Waals surface area contributed by atoms with E-state index in [-0.39, 0.29) is 0 Å². The van der Waals surface area contributed by atoms with Gasteiger partial charge in [0.05, 0.1) is 0 Å². The zero-order valence-electron chi connectivity index (χ0n) is 6.88. The molecule has 1 saturated heterocycles. The molecule has 0 amide bonds. The van der Waals surface area contributed by atoms with Gasteiger partial charge >= 0.3 is 0 Å². The van der Waals surface area contributed by atoms with E-state index in [9.17, 15) is 4.79 Å². The van der Waals surface area contributed by atoms with Gasteiger partial charge in [0, 0.05) is 12.1 Å². The minimum absolute atomic E-state index is 0.394. The van der Waals surface area contributed by atoms with Crippen LogP contribution in [0.2, 0.25) is 0 Å². The molecule has 11 heavy (non-hydrogen) atoms. The highest BCUT2D eigenvalue weighted by atomic mass is 16.5. The average molecular weight is 157 g/mol. The molecule has 1 rings (SSSR count). The molecule has 64 valence electrons. The van der Waals surface area contributed by atoms with Crippen LogP contribution in [-0.2, 0) is 9.53 Å². The summed E-state index contributed by atoms with van der Waals surface area (Å²) in [4.78, 5) is 9.86. The van der Waals surface area contributed by atoms with Crippen LogP contribution in [0.4, 0.5) is 0 Å². The van der Waals surface area contributed by atoms with Crippen molar-refractivity contribution in [3.05, 3.63) is 0 Å². The van der Waals surface area contributed by atoms with Crippen LogP contribution in [0.1, 0.15) is 26.2 Å². The third-order valence-corrected chi connectivity index (χ3v) is 2.19. The Morgan fingerprint density at radius 1 is 1.55 bits per heavy atom. The zero-order chi connectivity index (χ0) is 8.10. The predicted molar refractivity (Wildman–Crippen MR) is 42.3 cm³/mol. The molecule has 2 atom stereocenters. The van der Waals surface area contributed by atoms with E-state index < -0.39 is 0 Å². The molecule has 0 aromatic rings. The molecule has 1 N–H and O–H groups in total. The highest BCUT2D eigenvalue weighted by Gasteiger charge is 2.21. The minimum atomic E-state index is 0.394. The summed E-state index contributed by atoms with van der Waals surface area (Å²) in [7, 11) is 0. The van der Waals surface area contributed by atoms with Crippen molar-refractivity contribution in [2.75, 3.05) is 6.61 Å². The van der Waals surface area contributed by atoms with Gasteiger partial charge in [-0.2, -0.15) is 0 Å². The fourth-order valence-electron chi connectivity index (χ4n) is 1.51. The Bertz CT molecular complexity index is 127. The SMILES string of the molecule is CCC1CCC(COC=O)N1. The molecular weight excluding hydrogens is 142 g/mol. The number of carbonyl (C=O) groups excluding carboxylic acids is 1. The molecule has 0 radical (unpaired) electrons. The number of carbonyl (C=O) groups is 1. The lowest BCUT2D eigenvalue weighted by Gasteiger charge is -2.10. The van der Waals surface area contributed by atoms with E-state index in [1.54, 1.807) is 0 Å². The normalized spacial score (nSPS) is 30.3. The van der Waals surface area contributed by atoms with Crippen LogP contribution in [0.25, 0.3) is 0 Å². The summed E-state index contributed by atoms with van der Waals surface area (Å²) in [6.45, 7) is 3.21. The molecule has 3 nitrogen and oxygen atoms in total. The lowest BCUT2D eigenvalue weighted by atomic mass is 10.2. The Hall–Kier alpha value is -0.570. The monoisotopic (exact) mass is 157 g/mol. The maximum Gasteiger partial charge on any atom is 0.293 e. The molecule has 2 unspecified atom stereocenters. The van der Waals surface area contributed by atoms with E-state index in [0.29, 0.717) is 25.2 Å². The Kier molecular flexibility index (Phi) is 3.36. The Labute approximate surface area is 67.1 Å². The molecule has 0 aromatic carbocycles. The van der Waals surface area contributed by atoms with Gasteiger partial charge in [-0.1, -0.05) is 6.92 Å². The van der Waals surface area contributed by atoms with Crippen molar-refractivity contribution in [1.29, 1.82) is 0 Å². The van der Waals surface area contributed by atoms with E-state index in [0.717, 1.165) is 12.8 Å². The Balaban J connectivity index is 2.13. The molecule has 1 aliphatic heterocycles. The molecule has 0 spiro atoms. The lowest BCUT2D eigenvalue weighted by Crippen LogP contribution is -2.32. The molecule has 1 fully saturated rings. The lowest BCUT2D eigenvalue weighted by molar-refractivity contribution is -0.129. The fourth-order valence-corrected chi connectivity index (χ4v) is 1.51. The summed E-state index contributed by atoms with van der Waals surface area (Å²) in [6.07, 6.45) is 3.51. The Morgan fingerprint density at radius 2 is 2.27 bits per heavy atom. The van der Waals surface area contributed by atoms with Crippen LogP contribution >= 0.6 is 0 Å². The van der Waals surface area contributed by atoms with Crippen molar-refractivity contribution in [3.63, 3.8) is 0 Å². The minimum Gasteiger partial charge on any atom is -0.466 e. The highest BCUT2D eigenvalue weighted by molar-refractivity contribution is 5.36. The predicted octanol–water partition coefficient (Wildman–Crippen LogP) is 0.690. The molecule has 3 heteroatoms. The number of rotatable bonds is 4. The summed E-state index contributed by atoms with van der Waals surface area (Å²) in [5.41, 5.74) is 0. The van der Waals surface area contributed by atoms with Crippen LogP contribution in [0.5, 0.6) is 0 Å². The smallest absolute Gasteiger partial charge is 0.293 e. The fraction of sp³-hybridized carbons (Fsp3) is 0.875. The van der Waals surface area contributed by atoms with Gasteiger partial charge in [-0.05, 0) is 19.3 Å². The van der Waals surface area contributed by atoms with Gasteiger partial charge < -0.3 is 10.1 Å². The molecule has 0 bridgehead atoms. The summed E-state index contributed by atoms with van der Waals surface area (Å²) in [5, 5.41) is 3.39. The van der Waals surface area contributed by atoms with Gasteiger partial charge in [0.1, 0.15) is 6.61 Å². The molecular formula is C8H15NO2. The summed E-state index contributed by atoms with van der Waals surface area (Å²) in [6, 6.07) is 1.03. The van der Waals surface area contributed by atoms with Gasteiger partial charge in [0.25, 0.3) is 6.47 Å². The maximum atomic E-state index is 9.86. The topological polar surface area (TPSA) is 38.3 Å². The van der Waals surface area contributed by atoms with Crippen LogP contribution < -0.4 is 5.32 Å². The first-order chi connectivity index (χ1) is 5.36. The van der Waals surface area contributed by atoms with E-state index in [1.807, 2.05) is 0 Å². The molecule has 0 aliphatic carbocycles. The van der Waals surface area contributed by atoms with Crippen molar-refractivity contribution in [1.82, 2.24) is 5.32 Å². The first-order valence-corrected chi connectivity index (χ1v) is 4.18. The second-order valence-electron chi connectivity index (χ2n) is 2.98. The molecule has 1 heterocycles. The van der Waals surface area contributed by atoms with Crippen LogP contribution in [0, 0.1) is 0 Å². The van der Waals surface area contributed by atoms with Gasteiger partial charge in [0.15, 0.2) is 0 Å². The quantitative estimate of drug-likeness (QED) is 0.610. The van der Waals surface area contributed by atoms with E-state index in [4.69, 9.17) is 0 Å². The first kappa shape index (κ1) is 8.53. The zero-order valence-corrected chi connectivity index (χ0v) is 6.88. The Morgan fingerprint density at radius 3 is 2.82 bits per heavy atom. The second-order valence-corrected chi connectivity index (χ2v) is 2.98. The molecule has 1 aliphatic rings. The number of hydrogen-bond donors (Lipinski definition) is 1. The van der Waals surface area contributed by atoms with Gasteiger partial charge in [-0.3, -0.25) is 4.79 Å². The van der Waals surface area contributed by atoms with Gasteiger partial charge in [-0.25, -0.2) is 0 Å². The van der Waals surface area contributed by atoms with Crippen molar-refractivity contribution in [2.45, 2.75) is 38.3 Å².